The van der Waals surface area contributed by atoms with Crippen molar-refractivity contribution in [1.29, 1.82) is 0 Å². The molecule has 1 atom stereocenters. The Labute approximate surface area is 106 Å². The van der Waals surface area contributed by atoms with E-state index in [0.717, 1.165) is 13.0 Å². The second-order valence-corrected chi connectivity index (χ2v) is 3.89. The lowest BCUT2D eigenvalue weighted by Gasteiger charge is -2.20. The molecule has 0 heterocycles. The minimum absolute atomic E-state index is 0.425. The van der Waals surface area contributed by atoms with Crippen LogP contribution < -0.4 is 16.4 Å². The quantitative estimate of drug-likeness (QED) is 0.398. The molecule has 0 spiro atoms. The van der Waals surface area contributed by atoms with Crippen molar-refractivity contribution in [3.63, 3.8) is 0 Å². The normalized spacial score (nSPS) is 11.7. The Bertz CT molecular complexity index is 308. The van der Waals surface area contributed by atoms with Crippen LogP contribution in [-0.2, 0) is 9.59 Å². The van der Waals surface area contributed by atoms with Crippen LogP contribution in [0.25, 0.3) is 0 Å². The van der Waals surface area contributed by atoms with E-state index in [1.54, 1.807) is 14.1 Å². The number of carbonyl (C=O) groups is 3. The maximum Gasteiger partial charge on any atom is 0.326 e. The molecule has 104 valence electrons. The summed E-state index contributed by atoms with van der Waals surface area (Å²) in [4.78, 5) is 34.4. The zero-order valence-electron chi connectivity index (χ0n) is 10.6. The topological polar surface area (TPSA) is 125 Å². The molecule has 0 aromatic carbocycles. The van der Waals surface area contributed by atoms with Gasteiger partial charge in [0.2, 0.25) is 5.91 Å². The highest BCUT2D eigenvalue weighted by Crippen LogP contribution is 1.95. The lowest BCUT2D eigenvalue weighted by atomic mass is 10.2. The number of rotatable bonds is 8. The summed E-state index contributed by atoms with van der Waals surface area (Å²) in [5, 5.41) is 14.0. The van der Waals surface area contributed by atoms with Crippen molar-refractivity contribution in [2.45, 2.75) is 18.9 Å². The molecule has 0 rings (SSSR count). The molecule has 0 bridgehead atoms. The number of carboxylic acid groups (broad SMARTS) is 1. The van der Waals surface area contributed by atoms with E-state index in [-0.39, 0.29) is 0 Å². The molecule has 0 unspecified atom stereocenters. The second kappa shape index (κ2) is 8.29. The van der Waals surface area contributed by atoms with Crippen LogP contribution >= 0.6 is 0 Å². The smallest absolute Gasteiger partial charge is 0.326 e. The number of aliphatic carboxylic acids is 1. The lowest BCUT2D eigenvalue weighted by Crippen LogP contribution is -2.48. The zero-order valence-corrected chi connectivity index (χ0v) is 10.6. The van der Waals surface area contributed by atoms with E-state index < -0.39 is 30.4 Å². The average Bonchev–Trinajstić information content (AvgIpc) is 2.27. The molecule has 0 aromatic heterocycles. The summed E-state index contributed by atoms with van der Waals surface area (Å²) < 4.78 is 0. The van der Waals surface area contributed by atoms with E-state index in [1.807, 2.05) is 0 Å². The van der Waals surface area contributed by atoms with Crippen molar-refractivity contribution >= 4 is 17.9 Å². The van der Waals surface area contributed by atoms with E-state index in [1.165, 1.54) is 4.90 Å². The summed E-state index contributed by atoms with van der Waals surface area (Å²) in [5.74, 6) is -2.06. The average molecular weight is 260 g/mol. The van der Waals surface area contributed by atoms with Gasteiger partial charge in [0.25, 0.3) is 0 Å². The molecule has 0 saturated carbocycles. The van der Waals surface area contributed by atoms with Crippen LogP contribution in [0.15, 0.2) is 0 Å². The van der Waals surface area contributed by atoms with Crippen LogP contribution in [0.3, 0.4) is 0 Å². The molecule has 0 saturated heterocycles. The van der Waals surface area contributed by atoms with E-state index in [4.69, 9.17) is 10.8 Å². The molecule has 0 fully saturated rings. The maximum atomic E-state index is 11.6. The van der Waals surface area contributed by atoms with E-state index in [2.05, 4.69) is 10.6 Å². The molecule has 0 aromatic rings. The molecule has 0 aliphatic carbocycles. The Morgan fingerprint density at radius 3 is 2.44 bits per heavy atom. The van der Waals surface area contributed by atoms with Crippen LogP contribution in [0.1, 0.15) is 12.8 Å². The van der Waals surface area contributed by atoms with Crippen molar-refractivity contribution in [3.8, 4) is 0 Å². The molecule has 0 radical (unpaired) electrons. The number of hydrogen-bond acceptors (Lipinski definition) is 4. The first-order valence-corrected chi connectivity index (χ1v) is 5.55. The fourth-order valence-electron chi connectivity index (χ4n) is 1.26. The Kier molecular flexibility index (Phi) is 7.45. The third-order valence-corrected chi connectivity index (χ3v) is 2.27. The van der Waals surface area contributed by atoms with Crippen LogP contribution in [-0.4, -0.2) is 61.1 Å². The van der Waals surface area contributed by atoms with Gasteiger partial charge in [0.1, 0.15) is 6.04 Å². The van der Waals surface area contributed by atoms with Crippen molar-refractivity contribution < 1.29 is 19.5 Å². The summed E-state index contributed by atoms with van der Waals surface area (Å²) in [5.41, 5.74) is 4.91. The number of primary amides is 1. The summed E-state index contributed by atoms with van der Waals surface area (Å²) in [7, 11) is 3.35. The van der Waals surface area contributed by atoms with Gasteiger partial charge in [-0.05, 0) is 20.0 Å². The third-order valence-electron chi connectivity index (χ3n) is 2.27. The number of carbonyl (C=O) groups excluding carboxylic acids is 2. The zero-order chi connectivity index (χ0) is 14.1. The van der Waals surface area contributed by atoms with Gasteiger partial charge in [0.05, 0.1) is 6.42 Å². The number of carboxylic acids is 1. The van der Waals surface area contributed by atoms with Gasteiger partial charge in [-0.25, -0.2) is 9.59 Å². The predicted octanol–water partition coefficient (Wildman–Crippen LogP) is -1.43. The third kappa shape index (κ3) is 6.69. The fourth-order valence-corrected chi connectivity index (χ4v) is 1.26. The van der Waals surface area contributed by atoms with Gasteiger partial charge >= 0.3 is 12.0 Å². The molecule has 0 aliphatic heterocycles. The predicted molar refractivity (Wildman–Crippen MR) is 64.9 cm³/mol. The molecule has 8 nitrogen and oxygen atoms in total. The standard InChI is InChI=1S/C10H20N4O4/c1-12-4-3-5-14(2)10(18)13-7(9(16)17)6-8(11)15/h7,12H,3-6H2,1-2H3,(H2,11,15)(H,13,18)(H,16,17)/t7-/m1/s1. The second-order valence-electron chi connectivity index (χ2n) is 3.89. The number of nitrogens with one attached hydrogen (secondary N) is 2. The van der Waals surface area contributed by atoms with Gasteiger partial charge in [0, 0.05) is 13.6 Å². The number of amides is 3. The Morgan fingerprint density at radius 2 is 2.00 bits per heavy atom. The Hall–Kier alpha value is -1.83. The number of nitrogens with two attached hydrogens (primary N) is 1. The fraction of sp³-hybridized carbons (Fsp3) is 0.700. The van der Waals surface area contributed by atoms with E-state index in [0.29, 0.717) is 6.54 Å². The molecule has 0 aliphatic rings. The van der Waals surface area contributed by atoms with Crippen LogP contribution in [0, 0.1) is 0 Å². The van der Waals surface area contributed by atoms with Crippen LogP contribution in [0.5, 0.6) is 0 Å². The van der Waals surface area contributed by atoms with Crippen LogP contribution in [0.2, 0.25) is 0 Å². The summed E-state index contributed by atoms with van der Waals surface area (Å²) >= 11 is 0. The molecule has 5 N–H and O–H groups in total. The van der Waals surface area contributed by atoms with Crippen molar-refractivity contribution in [2.24, 2.45) is 5.73 Å². The van der Waals surface area contributed by atoms with Crippen molar-refractivity contribution in [1.82, 2.24) is 15.5 Å². The lowest BCUT2D eigenvalue weighted by molar-refractivity contribution is -0.140. The molecular weight excluding hydrogens is 240 g/mol. The minimum atomic E-state index is -1.29. The Morgan fingerprint density at radius 1 is 1.39 bits per heavy atom. The molecule has 8 heteroatoms. The highest BCUT2D eigenvalue weighted by molar-refractivity contribution is 5.87. The number of urea groups is 1. The minimum Gasteiger partial charge on any atom is -0.480 e. The van der Waals surface area contributed by atoms with Crippen molar-refractivity contribution in [2.75, 3.05) is 27.2 Å². The molecular formula is C10H20N4O4. The first-order chi connectivity index (χ1) is 8.38. The van der Waals surface area contributed by atoms with Gasteiger partial charge < -0.3 is 26.4 Å². The first kappa shape index (κ1) is 16.2. The van der Waals surface area contributed by atoms with E-state index >= 15 is 0 Å². The summed E-state index contributed by atoms with van der Waals surface area (Å²) in [6.45, 7) is 1.23. The summed E-state index contributed by atoms with van der Waals surface area (Å²) in [6, 6.07) is -1.83. The first-order valence-electron chi connectivity index (χ1n) is 5.55. The SMILES string of the molecule is CNCCCN(C)C(=O)N[C@H](CC(N)=O)C(=O)O. The number of hydrogen-bond donors (Lipinski definition) is 4. The number of nitrogens with zero attached hydrogens (tertiary/aromatic N) is 1. The molecule has 3 amide bonds. The largest absolute Gasteiger partial charge is 0.480 e. The van der Waals surface area contributed by atoms with Gasteiger partial charge in [-0.1, -0.05) is 0 Å². The van der Waals surface area contributed by atoms with Gasteiger partial charge in [-0.2, -0.15) is 0 Å². The van der Waals surface area contributed by atoms with Gasteiger partial charge in [-0.15, -0.1) is 0 Å². The van der Waals surface area contributed by atoms with Gasteiger partial charge in [0.15, 0.2) is 0 Å². The highest BCUT2D eigenvalue weighted by Gasteiger charge is 2.23. The van der Waals surface area contributed by atoms with Gasteiger partial charge in [-0.3, -0.25) is 4.79 Å². The molecule has 18 heavy (non-hydrogen) atoms. The Balaban J connectivity index is 4.23. The highest BCUT2D eigenvalue weighted by atomic mass is 16.4. The van der Waals surface area contributed by atoms with Crippen molar-refractivity contribution in [3.05, 3.63) is 0 Å². The van der Waals surface area contributed by atoms with E-state index in [9.17, 15) is 14.4 Å². The summed E-state index contributed by atoms with van der Waals surface area (Å²) in [6.07, 6.45) is 0.319. The van der Waals surface area contributed by atoms with Crippen LogP contribution in [0.4, 0.5) is 4.79 Å². The monoisotopic (exact) mass is 260 g/mol. The maximum absolute atomic E-state index is 11.6.